The number of para-hydroxylation sites is 2. The van der Waals surface area contributed by atoms with Crippen LogP contribution in [0.5, 0.6) is 5.75 Å². The Balaban J connectivity index is 0.000000396. The summed E-state index contributed by atoms with van der Waals surface area (Å²) in [7, 11) is 0. The number of hydrogen-bond donors (Lipinski definition) is 1. The lowest BCUT2D eigenvalue weighted by atomic mass is 10.2. The van der Waals surface area contributed by atoms with Crippen molar-refractivity contribution in [3.63, 3.8) is 0 Å². The third-order valence-corrected chi connectivity index (χ3v) is 1.80. The number of benzene rings is 1. The highest BCUT2D eigenvalue weighted by molar-refractivity contribution is 5.57. The largest absolute Gasteiger partial charge is 0.487 e. The monoisotopic (exact) mass is 179 g/mol. The molecule has 2 heteroatoms. The van der Waals surface area contributed by atoms with Crippen LogP contribution in [-0.4, -0.2) is 12.6 Å². The molecule has 0 radical (unpaired) electrons. The van der Waals surface area contributed by atoms with Gasteiger partial charge in [0.05, 0.1) is 12.2 Å². The van der Waals surface area contributed by atoms with Gasteiger partial charge in [-0.2, -0.15) is 0 Å². The summed E-state index contributed by atoms with van der Waals surface area (Å²) in [5, 5.41) is 3.29. The molecule has 1 aliphatic heterocycles. The van der Waals surface area contributed by atoms with Crippen molar-refractivity contribution < 1.29 is 4.74 Å². The van der Waals surface area contributed by atoms with E-state index in [1.54, 1.807) is 0 Å². The Hall–Kier alpha value is -1.18. The van der Waals surface area contributed by atoms with Gasteiger partial charge in [-0.3, -0.25) is 0 Å². The maximum Gasteiger partial charge on any atom is 0.142 e. The maximum absolute atomic E-state index is 5.57. The van der Waals surface area contributed by atoms with E-state index in [0.717, 1.165) is 18.0 Å². The molecule has 1 aromatic carbocycles. The molecule has 1 aromatic rings. The molecule has 1 atom stereocenters. The molecular weight excluding hydrogens is 162 g/mol. The SMILES string of the molecule is CC.CC1CNc2ccccc2O1. The molecular formula is C11H17NO. The van der Waals surface area contributed by atoms with Gasteiger partial charge in [0.2, 0.25) is 0 Å². The van der Waals surface area contributed by atoms with E-state index in [1.807, 2.05) is 38.1 Å². The lowest BCUT2D eigenvalue weighted by molar-refractivity contribution is 0.226. The lowest BCUT2D eigenvalue weighted by Gasteiger charge is -2.24. The van der Waals surface area contributed by atoms with Gasteiger partial charge in [0.1, 0.15) is 11.9 Å². The third-order valence-electron chi connectivity index (χ3n) is 1.80. The van der Waals surface area contributed by atoms with Crippen molar-refractivity contribution in [3.8, 4) is 5.75 Å². The molecule has 0 saturated heterocycles. The van der Waals surface area contributed by atoms with Crippen molar-refractivity contribution in [2.45, 2.75) is 26.9 Å². The molecule has 2 nitrogen and oxygen atoms in total. The van der Waals surface area contributed by atoms with Crippen molar-refractivity contribution in [2.75, 3.05) is 11.9 Å². The summed E-state index contributed by atoms with van der Waals surface area (Å²) in [6, 6.07) is 8.00. The first-order valence-electron chi connectivity index (χ1n) is 4.86. The van der Waals surface area contributed by atoms with Gasteiger partial charge in [-0.05, 0) is 19.1 Å². The molecule has 1 aliphatic rings. The molecule has 0 spiro atoms. The Kier molecular flexibility index (Phi) is 3.62. The number of ether oxygens (including phenoxy) is 1. The topological polar surface area (TPSA) is 21.3 Å². The molecule has 0 fully saturated rings. The minimum Gasteiger partial charge on any atom is -0.487 e. The Morgan fingerprint density at radius 1 is 1.31 bits per heavy atom. The van der Waals surface area contributed by atoms with Crippen LogP contribution < -0.4 is 10.1 Å². The molecule has 72 valence electrons. The van der Waals surface area contributed by atoms with Gasteiger partial charge in [0, 0.05) is 0 Å². The fraction of sp³-hybridized carbons (Fsp3) is 0.455. The zero-order chi connectivity index (χ0) is 9.68. The fourth-order valence-electron chi connectivity index (χ4n) is 1.23. The second-order valence-electron chi connectivity index (χ2n) is 2.81. The Morgan fingerprint density at radius 3 is 2.77 bits per heavy atom. The van der Waals surface area contributed by atoms with E-state index in [-0.39, 0.29) is 6.10 Å². The quantitative estimate of drug-likeness (QED) is 0.661. The van der Waals surface area contributed by atoms with Gasteiger partial charge in [0.25, 0.3) is 0 Å². The second-order valence-corrected chi connectivity index (χ2v) is 2.81. The molecule has 13 heavy (non-hydrogen) atoms. The van der Waals surface area contributed by atoms with E-state index in [0.29, 0.717) is 0 Å². The van der Waals surface area contributed by atoms with Gasteiger partial charge in [0.15, 0.2) is 0 Å². The highest BCUT2D eigenvalue weighted by Crippen LogP contribution is 2.27. The molecule has 1 heterocycles. The number of hydrogen-bond acceptors (Lipinski definition) is 2. The van der Waals surface area contributed by atoms with E-state index in [9.17, 15) is 0 Å². The van der Waals surface area contributed by atoms with Crippen molar-refractivity contribution in [1.29, 1.82) is 0 Å². The highest BCUT2D eigenvalue weighted by Gasteiger charge is 2.13. The molecule has 0 aliphatic carbocycles. The molecule has 2 rings (SSSR count). The van der Waals surface area contributed by atoms with Crippen LogP contribution in [0.25, 0.3) is 0 Å². The van der Waals surface area contributed by atoms with Crippen LogP contribution in [-0.2, 0) is 0 Å². The molecule has 1 N–H and O–H groups in total. The van der Waals surface area contributed by atoms with E-state index in [2.05, 4.69) is 12.2 Å². The zero-order valence-corrected chi connectivity index (χ0v) is 8.50. The van der Waals surface area contributed by atoms with Crippen LogP contribution in [0.3, 0.4) is 0 Å². The van der Waals surface area contributed by atoms with Crippen molar-refractivity contribution in [1.82, 2.24) is 0 Å². The normalized spacial score (nSPS) is 18.5. The van der Waals surface area contributed by atoms with Gasteiger partial charge in [-0.25, -0.2) is 0 Å². The summed E-state index contributed by atoms with van der Waals surface area (Å²) in [6.07, 6.45) is 0.282. The average Bonchev–Trinajstić information content (AvgIpc) is 2.21. The van der Waals surface area contributed by atoms with E-state index >= 15 is 0 Å². The maximum atomic E-state index is 5.57. The average molecular weight is 179 g/mol. The summed E-state index contributed by atoms with van der Waals surface area (Å²) in [5.74, 6) is 0.964. The molecule has 0 amide bonds. The van der Waals surface area contributed by atoms with Crippen LogP contribution in [0.2, 0.25) is 0 Å². The third kappa shape index (κ3) is 2.38. The lowest BCUT2D eigenvalue weighted by Crippen LogP contribution is -2.27. The molecule has 1 unspecified atom stereocenters. The summed E-state index contributed by atoms with van der Waals surface area (Å²) >= 11 is 0. The van der Waals surface area contributed by atoms with Gasteiger partial charge in [-0.15, -0.1) is 0 Å². The van der Waals surface area contributed by atoms with Crippen molar-refractivity contribution in [2.24, 2.45) is 0 Å². The highest BCUT2D eigenvalue weighted by atomic mass is 16.5. The van der Waals surface area contributed by atoms with E-state index in [4.69, 9.17) is 4.74 Å². The molecule has 0 bridgehead atoms. The van der Waals surface area contributed by atoms with Gasteiger partial charge in [-0.1, -0.05) is 26.0 Å². The predicted octanol–water partition coefficient (Wildman–Crippen LogP) is 2.91. The van der Waals surface area contributed by atoms with Crippen LogP contribution in [0.1, 0.15) is 20.8 Å². The summed E-state index contributed by atoms with van der Waals surface area (Å²) < 4.78 is 5.57. The Bertz CT molecular complexity index is 260. The number of rotatable bonds is 0. The summed E-state index contributed by atoms with van der Waals surface area (Å²) in [4.78, 5) is 0. The minimum absolute atomic E-state index is 0.282. The summed E-state index contributed by atoms with van der Waals surface area (Å²) in [6.45, 7) is 6.96. The smallest absolute Gasteiger partial charge is 0.142 e. The number of fused-ring (bicyclic) bond motifs is 1. The number of nitrogens with one attached hydrogen (secondary N) is 1. The van der Waals surface area contributed by atoms with Crippen molar-refractivity contribution in [3.05, 3.63) is 24.3 Å². The van der Waals surface area contributed by atoms with Crippen LogP contribution >= 0.6 is 0 Å². The molecule has 0 aromatic heterocycles. The van der Waals surface area contributed by atoms with Crippen LogP contribution in [0.4, 0.5) is 5.69 Å². The minimum atomic E-state index is 0.282. The second kappa shape index (κ2) is 4.75. The standard InChI is InChI=1S/C9H11NO.C2H6/c1-7-6-10-8-4-2-3-5-9(8)11-7;1-2/h2-5,7,10H,6H2,1H3;1-2H3. The molecule has 0 saturated carbocycles. The van der Waals surface area contributed by atoms with Crippen molar-refractivity contribution >= 4 is 5.69 Å². The van der Waals surface area contributed by atoms with E-state index < -0.39 is 0 Å². The van der Waals surface area contributed by atoms with Gasteiger partial charge >= 0.3 is 0 Å². The number of anilines is 1. The predicted molar refractivity (Wildman–Crippen MR) is 56.4 cm³/mol. The first-order chi connectivity index (χ1) is 6.36. The summed E-state index contributed by atoms with van der Waals surface area (Å²) in [5.41, 5.74) is 1.10. The zero-order valence-electron chi connectivity index (χ0n) is 8.50. The fourth-order valence-corrected chi connectivity index (χ4v) is 1.23. The van der Waals surface area contributed by atoms with Gasteiger partial charge < -0.3 is 10.1 Å². The van der Waals surface area contributed by atoms with Crippen LogP contribution in [0.15, 0.2) is 24.3 Å². The Morgan fingerprint density at radius 2 is 2.00 bits per heavy atom. The first-order valence-corrected chi connectivity index (χ1v) is 4.86. The first kappa shape index (κ1) is 9.90. The van der Waals surface area contributed by atoms with E-state index in [1.165, 1.54) is 0 Å². The Labute approximate surface area is 79.9 Å². The van der Waals surface area contributed by atoms with Crippen LogP contribution in [0, 0.1) is 0 Å².